The average Bonchev–Trinajstić information content (AvgIpc) is 3.54. The number of aromatic nitrogens is 5. The van der Waals surface area contributed by atoms with Crippen LogP contribution in [0.2, 0.25) is 0 Å². The van der Waals surface area contributed by atoms with Crippen LogP contribution in [-0.4, -0.2) is 67.1 Å². The minimum atomic E-state index is -0.910. The van der Waals surface area contributed by atoms with Gasteiger partial charge in [-0.15, -0.1) is 0 Å². The number of nitrogens with zero attached hydrogens (tertiary/aromatic N) is 6. The number of amides is 1. The second kappa shape index (κ2) is 11.5. The van der Waals surface area contributed by atoms with Crippen LogP contribution in [0, 0.1) is 18.6 Å². The molecule has 3 aromatic heterocycles. The Bertz CT molecular complexity index is 2180. The summed E-state index contributed by atoms with van der Waals surface area (Å²) in [7, 11) is 0. The van der Waals surface area contributed by atoms with Gasteiger partial charge in [-0.05, 0) is 49.5 Å². The van der Waals surface area contributed by atoms with Crippen molar-refractivity contribution in [2.24, 2.45) is 0 Å². The van der Waals surface area contributed by atoms with Crippen molar-refractivity contribution in [1.29, 1.82) is 0 Å². The Kier molecular flexibility index (Phi) is 7.56. The molecular formula is C36H37F2N7O3. The number of pyridine rings is 1. The Morgan fingerprint density at radius 1 is 1.06 bits per heavy atom. The fraction of sp³-hybridized carbons (Fsp3) is 0.361. The molecule has 1 fully saturated rings. The quantitative estimate of drug-likeness (QED) is 0.227. The van der Waals surface area contributed by atoms with Crippen LogP contribution in [0.25, 0.3) is 38.8 Å². The van der Waals surface area contributed by atoms with E-state index in [1.165, 1.54) is 29.4 Å². The van der Waals surface area contributed by atoms with Crippen molar-refractivity contribution in [3.63, 3.8) is 0 Å². The number of nitrogens with one attached hydrogen (secondary N) is 1. The third-order valence-electron chi connectivity index (χ3n) is 9.54. The van der Waals surface area contributed by atoms with Crippen LogP contribution < -0.4 is 15.2 Å². The van der Waals surface area contributed by atoms with E-state index in [4.69, 9.17) is 4.74 Å². The molecule has 5 heterocycles. The predicted octanol–water partition coefficient (Wildman–Crippen LogP) is 6.14. The molecule has 48 heavy (non-hydrogen) atoms. The van der Waals surface area contributed by atoms with Crippen molar-refractivity contribution >= 4 is 33.5 Å². The van der Waals surface area contributed by atoms with E-state index < -0.39 is 17.2 Å². The van der Waals surface area contributed by atoms with Crippen molar-refractivity contribution in [2.45, 2.75) is 65.5 Å². The number of imidazole rings is 1. The highest BCUT2D eigenvalue weighted by molar-refractivity contribution is 6.02. The number of hydrogen-bond acceptors (Lipinski definition) is 7. The summed E-state index contributed by atoms with van der Waals surface area (Å²) in [4.78, 5) is 47.8. The molecule has 0 radical (unpaired) electrons. The van der Waals surface area contributed by atoms with E-state index in [1.807, 2.05) is 45.6 Å². The Morgan fingerprint density at radius 3 is 2.44 bits per heavy atom. The van der Waals surface area contributed by atoms with E-state index in [0.717, 1.165) is 0 Å². The average molecular weight is 654 g/mol. The van der Waals surface area contributed by atoms with Gasteiger partial charge in [0, 0.05) is 30.1 Å². The van der Waals surface area contributed by atoms with Gasteiger partial charge in [0.15, 0.2) is 5.82 Å². The fourth-order valence-corrected chi connectivity index (χ4v) is 7.26. The number of carbonyl (C=O) groups is 1. The van der Waals surface area contributed by atoms with Crippen molar-refractivity contribution in [3.05, 3.63) is 82.4 Å². The summed E-state index contributed by atoms with van der Waals surface area (Å²) in [6.45, 7) is 15.8. The van der Waals surface area contributed by atoms with Crippen molar-refractivity contribution < 1.29 is 18.3 Å². The van der Waals surface area contributed by atoms with Gasteiger partial charge in [-0.3, -0.25) is 14.2 Å². The van der Waals surface area contributed by atoms with Gasteiger partial charge in [0.25, 0.3) is 5.56 Å². The minimum Gasteiger partial charge on any atom is -0.484 e. The van der Waals surface area contributed by atoms with E-state index in [2.05, 4.69) is 26.5 Å². The molecule has 5 aromatic rings. The number of aryl methyl sites for hydroxylation is 1. The SMILES string of the molecule is C=CC(=O)N1CC2COc3c(c4cc(F)c(-c5c(C)ccc6[nH]cnc56)c(F)c4n(-c4c(C(C)C)ncnc4C(C)C)c3=O)N2CC1C. The lowest BCUT2D eigenvalue weighted by Gasteiger charge is -2.48. The maximum Gasteiger partial charge on any atom is 0.300 e. The van der Waals surface area contributed by atoms with Crippen LogP contribution in [-0.2, 0) is 4.79 Å². The molecule has 1 N–H and O–H groups in total. The van der Waals surface area contributed by atoms with Crippen molar-refractivity contribution in [1.82, 2.24) is 29.4 Å². The normalized spacial score (nSPS) is 17.6. The predicted molar refractivity (Wildman–Crippen MR) is 181 cm³/mol. The molecule has 2 unspecified atom stereocenters. The first-order valence-electron chi connectivity index (χ1n) is 16.2. The van der Waals surface area contributed by atoms with Crippen LogP contribution in [0.1, 0.15) is 63.4 Å². The highest BCUT2D eigenvalue weighted by Gasteiger charge is 2.41. The maximum absolute atomic E-state index is 17.7. The first-order chi connectivity index (χ1) is 22.9. The van der Waals surface area contributed by atoms with E-state index in [-0.39, 0.29) is 58.6 Å². The molecule has 0 saturated carbocycles. The van der Waals surface area contributed by atoms with Crippen molar-refractivity contribution in [3.8, 4) is 22.6 Å². The Hall–Kier alpha value is -5.13. The number of piperazine rings is 1. The summed E-state index contributed by atoms with van der Waals surface area (Å²) < 4.78 is 41.9. The highest BCUT2D eigenvalue weighted by atomic mass is 19.1. The number of ether oxygens (including phenoxy) is 1. The Balaban J connectivity index is 1.63. The zero-order valence-electron chi connectivity index (χ0n) is 27.8. The number of hydrogen-bond donors (Lipinski definition) is 1. The summed E-state index contributed by atoms with van der Waals surface area (Å²) in [5.41, 5.74) is 2.69. The second-order valence-electron chi connectivity index (χ2n) is 13.3. The van der Waals surface area contributed by atoms with Gasteiger partial charge >= 0.3 is 0 Å². The van der Waals surface area contributed by atoms with Crippen LogP contribution >= 0.6 is 0 Å². The molecule has 2 aromatic carbocycles. The first kappa shape index (κ1) is 31.5. The largest absolute Gasteiger partial charge is 0.484 e. The van der Waals surface area contributed by atoms with Crippen LogP contribution in [0.5, 0.6) is 5.75 Å². The Morgan fingerprint density at radius 2 is 1.77 bits per heavy atom. The monoisotopic (exact) mass is 653 g/mol. The molecule has 12 heteroatoms. The lowest BCUT2D eigenvalue weighted by molar-refractivity contribution is -0.129. The molecule has 0 aliphatic carbocycles. The fourth-order valence-electron chi connectivity index (χ4n) is 7.26. The third kappa shape index (κ3) is 4.60. The molecule has 2 aliphatic rings. The van der Waals surface area contributed by atoms with Crippen LogP contribution in [0.15, 0.2) is 48.3 Å². The van der Waals surface area contributed by atoms with E-state index in [0.29, 0.717) is 58.0 Å². The highest BCUT2D eigenvalue weighted by Crippen LogP contribution is 2.45. The first-order valence-corrected chi connectivity index (χ1v) is 16.2. The lowest BCUT2D eigenvalue weighted by Crippen LogP contribution is -2.62. The number of fused-ring (bicyclic) bond motifs is 6. The molecular weight excluding hydrogens is 616 g/mol. The summed E-state index contributed by atoms with van der Waals surface area (Å²) in [5.74, 6) is -2.28. The molecule has 0 bridgehead atoms. The van der Waals surface area contributed by atoms with Gasteiger partial charge in [-0.2, -0.15) is 0 Å². The number of anilines is 1. The van der Waals surface area contributed by atoms with Gasteiger partial charge in [0.2, 0.25) is 11.7 Å². The zero-order valence-corrected chi connectivity index (χ0v) is 27.8. The molecule has 10 nitrogen and oxygen atoms in total. The number of benzene rings is 2. The van der Waals surface area contributed by atoms with Gasteiger partial charge in [0.05, 0.1) is 57.2 Å². The summed E-state index contributed by atoms with van der Waals surface area (Å²) in [6, 6.07) is 4.25. The third-order valence-corrected chi connectivity index (χ3v) is 9.54. The number of halogens is 2. The zero-order chi connectivity index (χ0) is 34.2. The molecule has 2 aliphatic heterocycles. The molecule has 7 rings (SSSR count). The summed E-state index contributed by atoms with van der Waals surface area (Å²) >= 11 is 0. The lowest BCUT2D eigenvalue weighted by atomic mass is 9.94. The van der Waals surface area contributed by atoms with Gasteiger partial charge in [-0.25, -0.2) is 23.7 Å². The number of carbonyl (C=O) groups excluding carboxylic acids is 1. The molecule has 0 spiro atoms. The molecule has 248 valence electrons. The number of H-pyrrole nitrogens is 1. The topological polar surface area (TPSA) is 109 Å². The van der Waals surface area contributed by atoms with Gasteiger partial charge in [-0.1, -0.05) is 40.3 Å². The minimum absolute atomic E-state index is 0.0140. The second-order valence-corrected chi connectivity index (χ2v) is 13.3. The summed E-state index contributed by atoms with van der Waals surface area (Å²) in [5, 5.41) is 0.170. The van der Waals surface area contributed by atoms with E-state index in [9.17, 15) is 9.59 Å². The Labute approximate surface area is 276 Å². The summed E-state index contributed by atoms with van der Waals surface area (Å²) in [6.07, 6.45) is 4.21. The molecule has 1 saturated heterocycles. The molecule has 1 amide bonds. The maximum atomic E-state index is 17.7. The van der Waals surface area contributed by atoms with E-state index >= 15 is 8.78 Å². The number of aromatic amines is 1. The van der Waals surface area contributed by atoms with Crippen molar-refractivity contribution in [2.75, 3.05) is 24.6 Å². The van der Waals surface area contributed by atoms with Crippen LogP contribution in [0.4, 0.5) is 14.5 Å². The standard InChI is InChI=1S/C36H37F2N7O3/c1-8-25(46)43-13-21-14-48-35-33(44(21)12-20(43)7)22-11-23(37)27(26-19(6)9-10-24-31(26)42-15-39-24)28(38)32(22)45(36(35)47)34-29(17(2)3)40-16-41-30(34)18(4)5/h8-11,15-18,20-21H,1,12-14H2,2-7H3,(H,39,42). The van der Waals surface area contributed by atoms with Gasteiger partial charge < -0.3 is 19.5 Å². The van der Waals surface area contributed by atoms with Crippen LogP contribution in [0.3, 0.4) is 0 Å². The smallest absolute Gasteiger partial charge is 0.300 e. The van der Waals surface area contributed by atoms with E-state index in [1.54, 1.807) is 17.9 Å². The van der Waals surface area contributed by atoms with Gasteiger partial charge in [0.1, 0.15) is 18.8 Å². The number of rotatable bonds is 5. The molecule has 2 atom stereocenters.